The van der Waals surface area contributed by atoms with Gasteiger partial charge in [-0.15, -0.1) is 0 Å². The SMILES string of the molecule is COc1ccc(NC(=O)Cc2c(C)nn(C)c2C)cc1OC. The van der Waals surface area contributed by atoms with Gasteiger partial charge in [-0.2, -0.15) is 5.10 Å². The van der Waals surface area contributed by atoms with Gasteiger partial charge in [0.05, 0.1) is 26.3 Å². The standard InChI is InChI=1S/C16H21N3O3/c1-10-13(11(2)19(3)18-10)9-16(20)17-12-6-7-14(21-4)15(8-12)22-5/h6-8H,9H2,1-5H3,(H,17,20). The number of hydrogen-bond donors (Lipinski definition) is 1. The van der Waals surface area contributed by atoms with Crippen LogP contribution in [0.2, 0.25) is 0 Å². The van der Waals surface area contributed by atoms with E-state index in [1.807, 2.05) is 20.9 Å². The Kier molecular flexibility index (Phi) is 4.70. The average Bonchev–Trinajstić information content (AvgIpc) is 2.73. The number of benzene rings is 1. The molecule has 6 nitrogen and oxygen atoms in total. The van der Waals surface area contributed by atoms with Gasteiger partial charge < -0.3 is 14.8 Å². The van der Waals surface area contributed by atoms with Crippen LogP contribution in [-0.2, 0) is 18.3 Å². The Balaban J connectivity index is 2.12. The predicted octanol–water partition coefficient (Wildman–Crippen LogP) is 2.24. The summed E-state index contributed by atoms with van der Waals surface area (Å²) < 4.78 is 12.2. The number of carbonyl (C=O) groups is 1. The Morgan fingerprint density at radius 2 is 1.91 bits per heavy atom. The van der Waals surface area contributed by atoms with Crippen molar-refractivity contribution in [1.82, 2.24) is 9.78 Å². The second-order valence-electron chi connectivity index (χ2n) is 5.07. The van der Waals surface area contributed by atoms with Gasteiger partial charge in [0.15, 0.2) is 11.5 Å². The molecule has 2 aromatic rings. The number of ether oxygens (including phenoxy) is 2. The van der Waals surface area contributed by atoms with E-state index in [9.17, 15) is 4.79 Å². The lowest BCUT2D eigenvalue weighted by Crippen LogP contribution is -2.15. The Bertz CT molecular complexity index is 692. The highest BCUT2D eigenvalue weighted by atomic mass is 16.5. The van der Waals surface area contributed by atoms with Crippen molar-refractivity contribution in [2.24, 2.45) is 7.05 Å². The molecular weight excluding hydrogens is 282 g/mol. The highest BCUT2D eigenvalue weighted by Gasteiger charge is 2.14. The molecule has 0 unspecified atom stereocenters. The molecule has 1 amide bonds. The van der Waals surface area contributed by atoms with E-state index in [0.717, 1.165) is 17.0 Å². The molecule has 0 radical (unpaired) electrons. The molecule has 0 fully saturated rings. The normalized spacial score (nSPS) is 10.4. The summed E-state index contributed by atoms with van der Waals surface area (Å²) in [7, 11) is 5.01. The number of amides is 1. The summed E-state index contributed by atoms with van der Waals surface area (Å²) in [6.07, 6.45) is 0.292. The Labute approximate surface area is 130 Å². The van der Waals surface area contributed by atoms with E-state index in [1.54, 1.807) is 37.1 Å². The molecule has 0 atom stereocenters. The fraction of sp³-hybridized carbons (Fsp3) is 0.375. The van der Waals surface area contributed by atoms with Crippen LogP contribution in [0.1, 0.15) is 17.0 Å². The first kappa shape index (κ1) is 15.9. The molecule has 1 aromatic carbocycles. The average molecular weight is 303 g/mol. The van der Waals surface area contributed by atoms with Crippen LogP contribution in [0.3, 0.4) is 0 Å². The number of rotatable bonds is 5. The predicted molar refractivity (Wildman–Crippen MR) is 84.6 cm³/mol. The first-order valence-corrected chi connectivity index (χ1v) is 6.97. The summed E-state index contributed by atoms with van der Waals surface area (Å²) in [5.41, 5.74) is 3.50. The molecule has 1 N–H and O–H groups in total. The van der Waals surface area contributed by atoms with Crippen LogP contribution in [0.15, 0.2) is 18.2 Å². The van der Waals surface area contributed by atoms with Gasteiger partial charge in [-0.05, 0) is 26.0 Å². The summed E-state index contributed by atoms with van der Waals surface area (Å²) in [6.45, 7) is 3.87. The second-order valence-corrected chi connectivity index (χ2v) is 5.07. The Morgan fingerprint density at radius 3 is 2.45 bits per heavy atom. The van der Waals surface area contributed by atoms with Crippen LogP contribution in [-0.4, -0.2) is 29.9 Å². The minimum absolute atomic E-state index is 0.0913. The molecule has 22 heavy (non-hydrogen) atoms. The van der Waals surface area contributed by atoms with Gasteiger partial charge in [-0.1, -0.05) is 0 Å². The molecule has 2 rings (SSSR count). The van der Waals surface area contributed by atoms with E-state index < -0.39 is 0 Å². The summed E-state index contributed by atoms with van der Waals surface area (Å²) in [5, 5.41) is 7.19. The second kappa shape index (κ2) is 6.51. The van der Waals surface area contributed by atoms with Gasteiger partial charge in [0.1, 0.15) is 0 Å². The number of aromatic nitrogens is 2. The van der Waals surface area contributed by atoms with Crippen molar-refractivity contribution in [2.45, 2.75) is 20.3 Å². The topological polar surface area (TPSA) is 65.4 Å². The molecule has 0 spiro atoms. The number of hydrogen-bond acceptors (Lipinski definition) is 4. The Morgan fingerprint density at radius 1 is 1.23 bits per heavy atom. The van der Waals surface area contributed by atoms with Crippen LogP contribution >= 0.6 is 0 Å². The fourth-order valence-electron chi connectivity index (χ4n) is 2.35. The number of methoxy groups -OCH3 is 2. The summed E-state index contributed by atoms with van der Waals surface area (Å²) in [5.74, 6) is 1.11. The van der Waals surface area contributed by atoms with Crippen LogP contribution in [0.5, 0.6) is 11.5 Å². The highest BCUT2D eigenvalue weighted by Crippen LogP contribution is 2.29. The van der Waals surface area contributed by atoms with Crippen molar-refractivity contribution in [3.63, 3.8) is 0 Å². The van der Waals surface area contributed by atoms with E-state index in [4.69, 9.17) is 9.47 Å². The maximum atomic E-state index is 12.2. The maximum Gasteiger partial charge on any atom is 0.228 e. The van der Waals surface area contributed by atoms with E-state index in [-0.39, 0.29) is 5.91 Å². The number of nitrogens with one attached hydrogen (secondary N) is 1. The van der Waals surface area contributed by atoms with Crippen molar-refractivity contribution in [3.8, 4) is 11.5 Å². The van der Waals surface area contributed by atoms with E-state index in [0.29, 0.717) is 23.6 Å². The summed E-state index contributed by atoms with van der Waals surface area (Å²) >= 11 is 0. The van der Waals surface area contributed by atoms with Crippen molar-refractivity contribution in [2.75, 3.05) is 19.5 Å². The third kappa shape index (κ3) is 3.21. The third-order valence-electron chi connectivity index (χ3n) is 3.66. The zero-order valence-electron chi connectivity index (χ0n) is 13.6. The molecule has 0 saturated heterocycles. The molecule has 0 saturated carbocycles. The van der Waals surface area contributed by atoms with E-state index in [2.05, 4.69) is 10.4 Å². The van der Waals surface area contributed by atoms with Crippen molar-refractivity contribution in [1.29, 1.82) is 0 Å². The van der Waals surface area contributed by atoms with Gasteiger partial charge in [0.2, 0.25) is 5.91 Å². The largest absolute Gasteiger partial charge is 0.493 e. The molecule has 0 aliphatic carbocycles. The number of nitrogens with zero attached hydrogens (tertiary/aromatic N) is 2. The van der Waals surface area contributed by atoms with Gasteiger partial charge in [-0.3, -0.25) is 9.48 Å². The summed E-state index contributed by atoms with van der Waals surface area (Å²) in [4.78, 5) is 12.2. The van der Waals surface area contributed by atoms with Crippen molar-refractivity contribution < 1.29 is 14.3 Å². The van der Waals surface area contributed by atoms with Gasteiger partial charge in [0.25, 0.3) is 0 Å². The van der Waals surface area contributed by atoms with E-state index >= 15 is 0 Å². The monoisotopic (exact) mass is 303 g/mol. The van der Waals surface area contributed by atoms with Crippen LogP contribution in [0.4, 0.5) is 5.69 Å². The molecule has 6 heteroatoms. The molecule has 0 bridgehead atoms. The molecule has 1 heterocycles. The number of aryl methyl sites for hydroxylation is 2. The lowest BCUT2D eigenvalue weighted by Gasteiger charge is -2.10. The van der Waals surface area contributed by atoms with Crippen LogP contribution in [0, 0.1) is 13.8 Å². The summed E-state index contributed by atoms with van der Waals surface area (Å²) in [6, 6.07) is 5.27. The van der Waals surface area contributed by atoms with Crippen LogP contribution in [0.25, 0.3) is 0 Å². The maximum absolute atomic E-state index is 12.2. The quantitative estimate of drug-likeness (QED) is 0.920. The lowest BCUT2D eigenvalue weighted by atomic mass is 10.1. The molecular formula is C16H21N3O3. The molecule has 0 aliphatic heterocycles. The third-order valence-corrected chi connectivity index (χ3v) is 3.66. The van der Waals surface area contributed by atoms with Crippen LogP contribution < -0.4 is 14.8 Å². The van der Waals surface area contributed by atoms with Gasteiger partial charge in [0, 0.05) is 30.1 Å². The fourth-order valence-corrected chi connectivity index (χ4v) is 2.35. The molecule has 1 aromatic heterocycles. The minimum atomic E-state index is -0.0913. The van der Waals surface area contributed by atoms with Crippen molar-refractivity contribution in [3.05, 3.63) is 35.2 Å². The highest BCUT2D eigenvalue weighted by molar-refractivity contribution is 5.92. The van der Waals surface area contributed by atoms with Crippen molar-refractivity contribution >= 4 is 11.6 Å². The first-order chi connectivity index (χ1) is 10.5. The van der Waals surface area contributed by atoms with E-state index in [1.165, 1.54) is 0 Å². The number of anilines is 1. The lowest BCUT2D eigenvalue weighted by molar-refractivity contribution is -0.115. The Hall–Kier alpha value is -2.50. The number of carbonyl (C=O) groups excluding carboxylic acids is 1. The van der Waals surface area contributed by atoms with Gasteiger partial charge in [-0.25, -0.2) is 0 Å². The minimum Gasteiger partial charge on any atom is -0.493 e. The zero-order chi connectivity index (χ0) is 16.3. The molecule has 118 valence electrons. The van der Waals surface area contributed by atoms with Gasteiger partial charge >= 0.3 is 0 Å². The first-order valence-electron chi connectivity index (χ1n) is 6.97. The zero-order valence-corrected chi connectivity index (χ0v) is 13.6. The molecule has 0 aliphatic rings. The smallest absolute Gasteiger partial charge is 0.228 e.